The van der Waals surface area contributed by atoms with Crippen LogP contribution in [-0.4, -0.2) is 25.4 Å². The van der Waals surface area contributed by atoms with Gasteiger partial charge in [-0.3, -0.25) is 0 Å². The van der Waals surface area contributed by atoms with Gasteiger partial charge in [0.2, 0.25) is 0 Å². The quantitative estimate of drug-likeness (QED) is 0.452. The van der Waals surface area contributed by atoms with Crippen molar-refractivity contribution < 1.29 is 9.47 Å². The van der Waals surface area contributed by atoms with Gasteiger partial charge in [-0.25, -0.2) is 0 Å². The van der Waals surface area contributed by atoms with Crippen molar-refractivity contribution in [3.05, 3.63) is 35.4 Å². The van der Waals surface area contributed by atoms with Crippen molar-refractivity contribution in [1.82, 2.24) is 0 Å². The summed E-state index contributed by atoms with van der Waals surface area (Å²) in [5.41, 5.74) is 3.20. The van der Waals surface area contributed by atoms with E-state index in [9.17, 15) is 0 Å². The fraction of sp³-hybridized carbons (Fsp3) is 0.812. The van der Waals surface area contributed by atoms with Gasteiger partial charge in [0.15, 0.2) is 0 Å². The molecule has 5 aliphatic rings. The highest BCUT2D eigenvalue weighted by atomic mass is 16.5. The number of hydrogen-bond acceptors (Lipinski definition) is 2. The summed E-state index contributed by atoms with van der Waals surface area (Å²) in [6.45, 7) is 4.23. The van der Waals surface area contributed by atoms with Crippen LogP contribution in [0.1, 0.15) is 107 Å². The zero-order chi connectivity index (χ0) is 22.9. The highest BCUT2D eigenvalue weighted by Crippen LogP contribution is 2.54. The molecule has 2 nitrogen and oxygen atoms in total. The van der Waals surface area contributed by atoms with Crippen LogP contribution in [-0.2, 0) is 15.9 Å². The summed E-state index contributed by atoms with van der Waals surface area (Å²) in [7, 11) is 0. The molecule has 2 heteroatoms. The molecule has 0 N–H and O–H groups in total. The first-order valence-corrected chi connectivity index (χ1v) is 15.1. The van der Waals surface area contributed by atoms with E-state index in [-0.39, 0.29) is 0 Å². The van der Waals surface area contributed by atoms with E-state index in [0.717, 1.165) is 36.9 Å². The van der Waals surface area contributed by atoms with Crippen molar-refractivity contribution in [3.8, 4) is 0 Å². The van der Waals surface area contributed by atoms with E-state index >= 15 is 0 Å². The van der Waals surface area contributed by atoms with E-state index in [0.29, 0.717) is 30.0 Å². The molecule has 7 atom stereocenters. The SMILES string of the molecule is CCCC1CCC(C2COC3CCc4ccccc4C3C3C(CCC4CCCCC43)OC2)CC1. The lowest BCUT2D eigenvalue weighted by Gasteiger charge is -2.51. The smallest absolute Gasteiger partial charge is 0.0650 e. The maximum Gasteiger partial charge on any atom is 0.0650 e. The topological polar surface area (TPSA) is 18.5 Å². The van der Waals surface area contributed by atoms with Crippen LogP contribution < -0.4 is 0 Å². The van der Waals surface area contributed by atoms with Gasteiger partial charge in [0.1, 0.15) is 0 Å². The van der Waals surface area contributed by atoms with E-state index in [1.54, 1.807) is 11.1 Å². The molecule has 1 aromatic carbocycles. The third-order valence-electron chi connectivity index (χ3n) is 10.9. The number of ether oxygens (including phenoxy) is 2. The minimum Gasteiger partial charge on any atom is -0.378 e. The largest absolute Gasteiger partial charge is 0.378 e. The third-order valence-corrected chi connectivity index (χ3v) is 10.9. The first kappa shape index (κ1) is 23.5. The normalized spacial score (nSPS) is 42.7. The molecule has 188 valence electrons. The molecule has 1 aliphatic heterocycles. The van der Waals surface area contributed by atoms with Gasteiger partial charge < -0.3 is 9.47 Å². The zero-order valence-electron chi connectivity index (χ0n) is 21.6. The first-order valence-electron chi connectivity index (χ1n) is 15.1. The molecule has 1 heterocycles. The molecule has 0 spiro atoms. The lowest BCUT2D eigenvalue weighted by Crippen LogP contribution is -2.47. The first-order chi connectivity index (χ1) is 16.8. The van der Waals surface area contributed by atoms with Gasteiger partial charge >= 0.3 is 0 Å². The third kappa shape index (κ3) is 4.63. The van der Waals surface area contributed by atoms with Gasteiger partial charge in [-0.15, -0.1) is 0 Å². The van der Waals surface area contributed by atoms with Crippen LogP contribution in [0.15, 0.2) is 24.3 Å². The average Bonchev–Trinajstić information content (AvgIpc) is 2.97. The highest BCUT2D eigenvalue weighted by molar-refractivity contribution is 5.35. The summed E-state index contributed by atoms with van der Waals surface area (Å²) in [4.78, 5) is 0. The molecule has 4 fully saturated rings. The highest BCUT2D eigenvalue weighted by Gasteiger charge is 2.49. The summed E-state index contributed by atoms with van der Waals surface area (Å²) < 4.78 is 14.1. The fourth-order valence-electron chi connectivity index (χ4n) is 9.22. The Morgan fingerprint density at radius 1 is 0.735 bits per heavy atom. The van der Waals surface area contributed by atoms with E-state index < -0.39 is 0 Å². The lowest BCUT2D eigenvalue weighted by molar-refractivity contribution is -0.0867. The van der Waals surface area contributed by atoms with Crippen LogP contribution in [0.25, 0.3) is 0 Å². The molecule has 4 aliphatic carbocycles. The van der Waals surface area contributed by atoms with Crippen molar-refractivity contribution in [3.63, 3.8) is 0 Å². The van der Waals surface area contributed by atoms with Crippen LogP contribution in [0.2, 0.25) is 0 Å². The molecule has 0 bridgehead atoms. The number of aryl methyl sites for hydroxylation is 1. The van der Waals surface area contributed by atoms with Crippen molar-refractivity contribution in [1.29, 1.82) is 0 Å². The molecular formula is C32H48O2. The predicted octanol–water partition coefficient (Wildman–Crippen LogP) is 7.94. The molecule has 1 aromatic rings. The number of hydrogen-bond donors (Lipinski definition) is 0. The van der Waals surface area contributed by atoms with Crippen molar-refractivity contribution in [2.75, 3.05) is 13.2 Å². The van der Waals surface area contributed by atoms with Crippen LogP contribution in [0.5, 0.6) is 0 Å². The Bertz CT molecular complexity index is 796. The van der Waals surface area contributed by atoms with Crippen LogP contribution in [0.3, 0.4) is 0 Å². The Morgan fingerprint density at radius 2 is 1.50 bits per heavy atom. The molecule has 1 saturated heterocycles. The second-order valence-electron chi connectivity index (χ2n) is 12.7. The predicted molar refractivity (Wildman–Crippen MR) is 139 cm³/mol. The molecule has 0 aromatic heterocycles. The summed E-state index contributed by atoms with van der Waals surface area (Å²) >= 11 is 0. The number of rotatable bonds is 3. The van der Waals surface area contributed by atoms with Gasteiger partial charge in [-0.2, -0.15) is 0 Å². The minimum absolute atomic E-state index is 0.392. The Kier molecular flexibility index (Phi) is 7.36. The van der Waals surface area contributed by atoms with Crippen molar-refractivity contribution in [2.24, 2.45) is 35.5 Å². The molecule has 6 rings (SSSR count). The van der Waals surface area contributed by atoms with Crippen LogP contribution in [0, 0.1) is 35.5 Å². The Hall–Kier alpha value is -0.860. The molecular weight excluding hydrogens is 416 g/mol. The van der Waals surface area contributed by atoms with E-state index in [1.165, 1.54) is 89.9 Å². The summed E-state index contributed by atoms with van der Waals surface area (Å²) in [6.07, 6.45) is 20.1. The van der Waals surface area contributed by atoms with Crippen LogP contribution >= 0.6 is 0 Å². The minimum atomic E-state index is 0.392. The van der Waals surface area contributed by atoms with Gasteiger partial charge in [0, 0.05) is 11.8 Å². The van der Waals surface area contributed by atoms with Crippen molar-refractivity contribution >= 4 is 0 Å². The standard InChI is InChI=1S/C32H48O2/c1-2-7-22-12-14-23(15-13-22)26-20-33-29-18-16-24-8-3-5-10-27(24)31(29)32-28-11-6-4-9-25(28)17-19-30(32)34-21-26/h3,5,8,10,22-23,25-26,28-32H,2,4,6-7,9,11-21H2,1H3. The maximum absolute atomic E-state index is 7.04. The second kappa shape index (κ2) is 10.6. The number of benzene rings is 1. The van der Waals surface area contributed by atoms with Crippen LogP contribution in [0.4, 0.5) is 0 Å². The molecule has 0 amide bonds. The van der Waals surface area contributed by atoms with E-state index in [4.69, 9.17) is 9.47 Å². The molecule has 0 radical (unpaired) electrons. The van der Waals surface area contributed by atoms with E-state index in [1.807, 2.05) is 0 Å². The molecule has 7 unspecified atom stereocenters. The Balaban J connectivity index is 1.27. The monoisotopic (exact) mass is 464 g/mol. The van der Waals surface area contributed by atoms with Gasteiger partial charge in [-0.1, -0.05) is 76.1 Å². The maximum atomic E-state index is 7.04. The van der Waals surface area contributed by atoms with Gasteiger partial charge in [-0.05, 0) is 85.7 Å². The Morgan fingerprint density at radius 3 is 2.35 bits per heavy atom. The summed E-state index contributed by atoms with van der Waals surface area (Å²) in [6, 6.07) is 9.37. The molecule has 3 saturated carbocycles. The van der Waals surface area contributed by atoms with Gasteiger partial charge in [0.05, 0.1) is 25.4 Å². The second-order valence-corrected chi connectivity index (χ2v) is 12.7. The zero-order valence-corrected chi connectivity index (χ0v) is 21.6. The van der Waals surface area contributed by atoms with E-state index in [2.05, 4.69) is 31.2 Å². The van der Waals surface area contributed by atoms with Crippen molar-refractivity contribution in [2.45, 2.75) is 115 Å². The fourth-order valence-corrected chi connectivity index (χ4v) is 9.22. The lowest BCUT2D eigenvalue weighted by atomic mass is 9.57. The summed E-state index contributed by atoms with van der Waals surface area (Å²) in [5.74, 6) is 5.36. The summed E-state index contributed by atoms with van der Waals surface area (Å²) in [5, 5.41) is 0. The number of fused-ring (bicyclic) bond motifs is 7. The average molecular weight is 465 g/mol. The molecule has 34 heavy (non-hydrogen) atoms. The van der Waals surface area contributed by atoms with Gasteiger partial charge in [0.25, 0.3) is 0 Å². The Labute approximate surface area is 208 Å².